The van der Waals surface area contributed by atoms with Gasteiger partial charge in [-0.3, -0.25) is 9.69 Å². The zero-order valence-electron chi connectivity index (χ0n) is 11.9. The Bertz CT molecular complexity index is 391. The van der Waals surface area contributed by atoms with Crippen molar-refractivity contribution < 1.29 is 4.79 Å². The topological polar surface area (TPSA) is 32.3 Å². The molecule has 3 nitrogen and oxygen atoms in total. The molecule has 0 aromatic carbocycles. The summed E-state index contributed by atoms with van der Waals surface area (Å²) in [5, 5.41) is 7.41. The summed E-state index contributed by atoms with van der Waals surface area (Å²) < 4.78 is 0. The van der Waals surface area contributed by atoms with E-state index in [1.165, 1.54) is 24.8 Å². The first-order chi connectivity index (χ1) is 9.15. The number of nitrogens with one attached hydrogen (secondary N) is 1. The quantitative estimate of drug-likeness (QED) is 0.899. The fraction of sp³-hybridized carbons (Fsp3) is 0.667. The molecule has 2 atom stereocenters. The Labute approximate surface area is 120 Å². The predicted octanol–water partition coefficient (Wildman–Crippen LogP) is 2.87. The van der Waals surface area contributed by atoms with Gasteiger partial charge in [0.1, 0.15) is 0 Å². The molecule has 1 saturated carbocycles. The zero-order valence-corrected chi connectivity index (χ0v) is 12.7. The third-order valence-corrected chi connectivity index (χ3v) is 4.64. The van der Waals surface area contributed by atoms with Gasteiger partial charge >= 0.3 is 0 Å². The number of likely N-dealkylation sites (N-methyl/N-ethyl adjacent to an activating group) is 1. The van der Waals surface area contributed by atoms with E-state index in [0.29, 0.717) is 18.5 Å². The van der Waals surface area contributed by atoms with Crippen molar-refractivity contribution in [3.63, 3.8) is 0 Å². The average Bonchev–Trinajstić information content (AvgIpc) is 2.84. The number of nitrogens with zero attached hydrogens (tertiary/aromatic N) is 1. The highest BCUT2D eigenvalue weighted by Crippen LogP contribution is 2.23. The fourth-order valence-corrected chi connectivity index (χ4v) is 3.44. The number of rotatable bonds is 5. The van der Waals surface area contributed by atoms with E-state index in [9.17, 15) is 4.79 Å². The van der Waals surface area contributed by atoms with Crippen LogP contribution < -0.4 is 5.32 Å². The summed E-state index contributed by atoms with van der Waals surface area (Å²) in [6, 6.07) is 2.50. The minimum absolute atomic E-state index is 0.163. The lowest BCUT2D eigenvalue weighted by Gasteiger charge is -2.30. The number of hydrogen-bond donors (Lipinski definition) is 1. The van der Waals surface area contributed by atoms with E-state index < -0.39 is 0 Å². The first-order valence-corrected chi connectivity index (χ1v) is 8.08. The molecule has 0 aliphatic heterocycles. The van der Waals surface area contributed by atoms with E-state index in [0.717, 1.165) is 13.0 Å². The maximum atomic E-state index is 12.0. The van der Waals surface area contributed by atoms with Crippen LogP contribution in [0.3, 0.4) is 0 Å². The molecule has 0 radical (unpaired) electrons. The Kier molecular flexibility index (Phi) is 5.40. The van der Waals surface area contributed by atoms with Gasteiger partial charge in [-0.1, -0.05) is 19.8 Å². The summed E-state index contributed by atoms with van der Waals surface area (Å²) in [4.78, 5) is 14.1. The lowest BCUT2D eigenvalue weighted by molar-refractivity contribution is -0.123. The van der Waals surface area contributed by atoms with Crippen LogP contribution in [0.2, 0.25) is 0 Å². The van der Waals surface area contributed by atoms with Gasteiger partial charge in [0.25, 0.3) is 0 Å². The van der Waals surface area contributed by atoms with Gasteiger partial charge in [0.05, 0.1) is 6.54 Å². The molecule has 0 unspecified atom stereocenters. The Morgan fingerprint density at radius 1 is 1.47 bits per heavy atom. The normalized spacial score (nSPS) is 23.5. The number of carbonyl (C=O) groups is 1. The molecule has 1 fully saturated rings. The molecule has 19 heavy (non-hydrogen) atoms. The van der Waals surface area contributed by atoms with Crippen LogP contribution in [-0.4, -0.2) is 30.4 Å². The Balaban J connectivity index is 1.74. The average molecular weight is 280 g/mol. The van der Waals surface area contributed by atoms with Crippen LogP contribution in [0.4, 0.5) is 0 Å². The third kappa shape index (κ3) is 4.62. The minimum atomic E-state index is 0.163. The highest BCUT2D eigenvalue weighted by molar-refractivity contribution is 7.07. The summed E-state index contributed by atoms with van der Waals surface area (Å²) in [7, 11) is 2.00. The smallest absolute Gasteiger partial charge is 0.234 e. The van der Waals surface area contributed by atoms with Gasteiger partial charge in [-0.2, -0.15) is 11.3 Å². The van der Waals surface area contributed by atoms with Crippen LogP contribution in [0.25, 0.3) is 0 Å². The molecule has 2 rings (SSSR count). The van der Waals surface area contributed by atoms with Crippen LogP contribution in [0.1, 0.15) is 38.2 Å². The molecule has 1 aliphatic carbocycles. The molecule has 1 aliphatic rings. The number of thiophene rings is 1. The summed E-state index contributed by atoms with van der Waals surface area (Å²) in [6.07, 6.45) is 4.95. The summed E-state index contributed by atoms with van der Waals surface area (Å²) >= 11 is 1.70. The maximum absolute atomic E-state index is 12.0. The van der Waals surface area contributed by atoms with Gasteiger partial charge in [0, 0.05) is 12.6 Å². The van der Waals surface area contributed by atoms with Crippen molar-refractivity contribution >= 4 is 17.2 Å². The molecule has 1 amide bonds. The molecule has 1 aromatic rings. The van der Waals surface area contributed by atoms with Gasteiger partial charge in [0.15, 0.2) is 0 Å². The standard InChI is InChI=1S/C15H24N2OS/c1-12-5-3-4-6-14(12)16-15(18)10-17(2)9-13-7-8-19-11-13/h7-8,11-12,14H,3-6,9-10H2,1-2H3,(H,16,18)/t12-,14-/m0/s1. The Morgan fingerprint density at radius 2 is 2.26 bits per heavy atom. The van der Waals surface area contributed by atoms with E-state index in [-0.39, 0.29) is 5.91 Å². The van der Waals surface area contributed by atoms with E-state index in [2.05, 4.69) is 34.0 Å². The van der Waals surface area contributed by atoms with Crippen molar-refractivity contribution in [3.8, 4) is 0 Å². The first kappa shape index (κ1) is 14.5. The van der Waals surface area contributed by atoms with Gasteiger partial charge < -0.3 is 5.32 Å². The molecule has 0 spiro atoms. The number of amides is 1. The largest absolute Gasteiger partial charge is 0.352 e. The monoisotopic (exact) mass is 280 g/mol. The predicted molar refractivity (Wildman–Crippen MR) is 80.2 cm³/mol. The summed E-state index contributed by atoms with van der Waals surface area (Å²) in [6.45, 7) is 3.58. The van der Waals surface area contributed by atoms with Gasteiger partial charge in [-0.05, 0) is 48.2 Å². The van der Waals surface area contributed by atoms with Crippen LogP contribution in [0.5, 0.6) is 0 Å². The third-order valence-electron chi connectivity index (χ3n) is 3.90. The van der Waals surface area contributed by atoms with Crippen LogP contribution in [0.15, 0.2) is 16.8 Å². The van der Waals surface area contributed by atoms with Gasteiger partial charge in [-0.25, -0.2) is 0 Å². The highest BCUT2D eigenvalue weighted by atomic mass is 32.1. The molecule has 0 saturated heterocycles. The maximum Gasteiger partial charge on any atom is 0.234 e. The van der Waals surface area contributed by atoms with Gasteiger partial charge in [0.2, 0.25) is 5.91 Å². The second kappa shape index (κ2) is 7.06. The molecular weight excluding hydrogens is 256 g/mol. The number of carbonyl (C=O) groups excluding carboxylic acids is 1. The minimum Gasteiger partial charge on any atom is -0.352 e. The lowest BCUT2D eigenvalue weighted by atomic mass is 9.86. The second-order valence-electron chi connectivity index (χ2n) is 5.74. The van der Waals surface area contributed by atoms with E-state index in [4.69, 9.17) is 0 Å². The van der Waals surface area contributed by atoms with Crippen molar-refractivity contribution in [1.82, 2.24) is 10.2 Å². The molecule has 1 N–H and O–H groups in total. The van der Waals surface area contributed by atoms with E-state index in [1.807, 2.05) is 7.05 Å². The Morgan fingerprint density at radius 3 is 2.95 bits per heavy atom. The van der Waals surface area contributed by atoms with Gasteiger partial charge in [-0.15, -0.1) is 0 Å². The Hall–Kier alpha value is -0.870. The summed E-state index contributed by atoms with van der Waals surface area (Å²) in [5.41, 5.74) is 1.28. The highest BCUT2D eigenvalue weighted by Gasteiger charge is 2.22. The van der Waals surface area contributed by atoms with Crippen molar-refractivity contribution in [2.45, 2.75) is 45.2 Å². The molecule has 106 valence electrons. The van der Waals surface area contributed by atoms with E-state index >= 15 is 0 Å². The zero-order chi connectivity index (χ0) is 13.7. The van der Waals surface area contributed by atoms with Crippen molar-refractivity contribution in [1.29, 1.82) is 0 Å². The molecular formula is C15H24N2OS. The summed E-state index contributed by atoms with van der Waals surface area (Å²) in [5.74, 6) is 0.788. The van der Waals surface area contributed by atoms with Crippen molar-refractivity contribution in [2.24, 2.45) is 5.92 Å². The fourth-order valence-electron chi connectivity index (χ4n) is 2.78. The van der Waals surface area contributed by atoms with Crippen molar-refractivity contribution in [2.75, 3.05) is 13.6 Å². The number of hydrogen-bond acceptors (Lipinski definition) is 3. The lowest BCUT2D eigenvalue weighted by Crippen LogP contribution is -2.44. The second-order valence-corrected chi connectivity index (χ2v) is 6.52. The van der Waals surface area contributed by atoms with Crippen LogP contribution in [-0.2, 0) is 11.3 Å². The SMILES string of the molecule is C[C@H]1CCCC[C@@H]1NC(=O)CN(C)Cc1ccsc1. The van der Waals surface area contributed by atoms with Crippen LogP contribution >= 0.6 is 11.3 Å². The molecule has 4 heteroatoms. The molecule has 1 aromatic heterocycles. The van der Waals surface area contributed by atoms with Crippen molar-refractivity contribution in [3.05, 3.63) is 22.4 Å². The van der Waals surface area contributed by atoms with Crippen LogP contribution in [0, 0.1) is 5.92 Å². The first-order valence-electron chi connectivity index (χ1n) is 7.14. The molecule has 1 heterocycles. The van der Waals surface area contributed by atoms with E-state index in [1.54, 1.807) is 11.3 Å². The molecule has 0 bridgehead atoms.